The van der Waals surface area contributed by atoms with E-state index in [-0.39, 0.29) is 67.9 Å². The number of hydrogen-bond donors (Lipinski definition) is 0. The van der Waals surface area contributed by atoms with E-state index in [1.54, 1.807) is 0 Å². The third-order valence-electron chi connectivity index (χ3n) is 0.525. The van der Waals surface area contributed by atoms with Gasteiger partial charge in [-0.05, 0) is 0 Å². The molecule has 0 fully saturated rings. The lowest BCUT2D eigenvalue weighted by Crippen LogP contribution is -3.00. The van der Waals surface area contributed by atoms with E-state index < -0.39 is 23.8 Å². The Kier molecular flexibility index (Phi) is 29.4. The van der Waals surface area contributed by atoms with Crippen LogP contribution in [0.25, 0.3) is 0 Å². The van der Waals surface area contributed by atoms with Crippen molar-refractivity contribution in [2.45, 2.75) is 0 Å². The third kappa shape index (κ3) is 11.1. The van der Waals surface area contributed by atoms with E-state index in [1.165, 1.54) is 0 Å². The summed E-state index contributed by atoms with van der Waals surface area (Å²) in [6, 6.07) is 0. The minimum atomic E-state index is -3.11. The van der Waals surface area contributed by atoms with Crippen molar-refractivity contribution in [2.24, 2.45) is 0 Å². The fraction of sp³-hybridized carbons (Fsp3) is 0. The minimum Gasteiger partial charge on any atom is -1.00 e. The summed E-state index contributed by atoms with van der Waals surface area (Å²) in [5.41, 5.74) is 0. The van der Waals surface area contributed by atoms with Crippen molar-refractivity contribution >= 4 is 0 Å². The summed E-state index contributed by atoms with van der Waals surface area (Å²) in [5.74, 6) is -5.64. The van der Waals surface area contributed by atoms with Gasteiger partial charge in [0, 0.05) is 0 Å². The van der Waals surface area contributed by atoms with Gasteiger partial charge < -0.3 is 67.9 Å². The zero-order chi connectivity index (χ0) is 8.31. The van der Waals surface area contributed by atoms with Crippen LogP contribution in [0.5, 0.6) is 0 Å². The van der Waals surface area contributed by atoms with Crippen molar-refractivity contribution < 1.29 is 94.3 Å². The average Bonchev–Trinajstić information content (AvgIpc) is 1.84. The first kappa shape index (κ1) is 29.4. The molecule has 0 saturated heterocycles. The smallest absolute Gasteiger partial charge is 0.308 e. The quantitative estimate of drug-likeness (QED) is 0.258. The highest BCUT2D eigenvalue weighted by molar-refractivity contribution is 5.19. The molecule has 0 spiro atoms. The summed E-state index contributed by atoms with van der Waals surface area (Å²) >= 11 is 0. The van der Waals surface area contributed by atoms with Crippen molar-refractivity contribution in [1.29, 1.82) is 0 Å². The summed E-state index contributed by atoms with van der Waals surface area (Å²) in [6.07, 6.45) is -6.21. The normalized spacial score (nSPS) is 6.43. The van der Waals surface area contributed by atoms with Crippen molar-refractivity contribution in [3.05, 3.63) is 23.8 Å². The van der Waals surface area contributed by atoms with Gasteiger partial charge in [0.15, 0.2) is 0 Å². The molecule has 0 N–H and O–H groups in total. The molecule has 0 bridgehead atoms. The second-order valence-electron chi connectivity index (χ2n) is 1.15. The van der Waals surface area contributed by atoms with E-state index in [0.29, 0.717) is 0 Å². The molecule has 0 amide bonds. The number of rotatable bonds is 1. The molecule has 0 aliphatic heterocycles. The van der Waals surface area contributed by atoms with E-state index in [1.807, 2.05) is 0 Å². The fourth-order valence-electron chi connectivity index (χ4n) is 0.166. The summed E-state index contributed by atoms with van der Waals surface area (Å²) < 4.78 is 66.5. The molecule has 0 saturated carbocycles. The molecule has 0 atom stereocenters. The maximum Gasteiger partial charge on any atom is 0.308 e. The van der Waals surface area contributed by atoms with Gasteiger partial charge in [0.2, 0.25) is 11.7 Å². The number of allylic oxidation sites excluding steroid dienone is 2. The molecule has 0 unspecified atom stereocenters. The van der Waals surface area contributed by atoms with Crippen LogP contribution in [-0.2, 0) is 0 Å². The molecule has 0 radical (unpaired) electrons. The van der Waals surface area contributed by atoms with E-state index in [9.17, 15) is 26.3 Å². The van der Waals surface area contributed by atoms with E-state index in [0.717, 1.165) is 0 Å². The second kappa shape index (κ2) is 14.0. The SMILES string of the molecule is FC(F)=C(F)C(F)=C(F)F.[Br-].[Br-].[Br-].[Br-]. The van der Waals surface area contributed by atoms with Gasteiger partial charge in [0.05, 0.1) is 0 Å². The summed E-state index contributed by atoms with van der Waals surface area (Å²) in [7, 11) is 0. The average molecular weight is 482 g/mol. The Morgan fingerprint density at radius 2 is 0.571 bits per heavy atom. The van der Waals surface area contributed by atoms with E-state index in [2.05, 4.69) is 0 Å². The predicted octanol–water partition coefficient (Wildman–Crippen LogP) is -8.84. The monoisotopic (exact) mass is 478 g/mol. The lowest BCUT2D eigenvalue weighted by molar-refractivity contribution is -0.00100. The van der Waals surface area contributed by atoms with Gasteiger partial charge in [0.25, 0.3) is 0 Å². The van der Waals surface area contributed by atoms with Crippen LogP contribution in [0.1, 0.15) is 0 Å². The van der Waals surface area contributed by atoms with Crippen LogP contribution in [0, 0.1) is 0 Å². The van der Waals surface area contributed by atoms with Crippen molar-refractivity contribution in [3.63, 3.8) is 0 Å². The van der Waals surface area contributed by atoms with Gasteiger partial charge >= 0.3 is 12.2 Å². The Labute approximate surface area is 117 Å². The minimum absolute atomic E-state index is 0. The molecule has 90 valence electrons. The predicted molar refractivity (Wildman–Crippen MR) is 20.7 cm³/mol. The number of hydrogen-bond acceptors (Lipinski definition) is 0. The Morgan fingerprint density at radius 3 is 0.643 bits per heavy atom. The Hall–Kier alpha value is 0.980. The van der Waals surface area contributed by atoms with Crippen LogP contribution < -0.4 is 67.9 Å². The first-order chi connectivity index (χ1) is 4.46. The van der Waals surface area contributed by atoms with Gasteiger partial charge in [-0.25, -0.2) is 0 Å². The molecule has 0 rings (SSSR count). The molecular formula is C4Br4F6-4. The highest BCUT2D eigenvalue weighted by Crippen LogP contribution is 2.23. The molecular weight excluding hydrogens is 482 g/mol. The van der Waals surface area contributed by atoms with Gasteiger partial charge in [0.1, 0.15) is 0 Å². The van der Waals surface area contributed by atoms with Crippen molar-refractivity contribution in [1.82, 2.24) is 0 Å². The molecule has 0 aliphatic rings. The maximum atomic E-state index is 11.4. The van der Waals surface area contributed by atoms with Gasteiger partial charge in [-0.3, -0.25) is 0 Å². The summed E-state index contributed by atoms with van der Waals surface area (Å²) in [4.78, 5) is 0. The van der Waals surface area contributed by atoms with Crippen LogP contribution in [0.4, 0.5) is 26.3 Å². The van der Waals surface area contributed by atoms with Gasteiger partial charge in [-0.2, -0.15) is 26.3 Å². The third-order valence-corrected chi connectivity index (χ3v) is 0.525. The Bertz CT molecular complexity index is 172. The molecule has 0 aromatic heterocycles. The molecule has 0 aliphatic carbocycles. The standard InChI is InChI=1S/C4F6.4BrH/c5-1(3(7)8)2(6)4(9)10;;;;/h;4*1H/p-4. The zero-order valence-electron chi connectivity index (χ0n) is 5.78. The molecule has 0 heterocycles. The lowest BCUT2D eigenvalue weighted by atomic mass is 10.5. The fourth-order valence-corrected chi connectivity index (χ4v) is 0.166. The summed E-state index contributed by atoms with van der Waals surface area (Å²) in [5, 5.41) is 0. The largest absolute Gasteiger partial charge is 1.00 e. The summed E-state index contributed by atoms with van der Waals surface area (Å²) in [6.45, 7) is 0. The molecule has 14 heavy (non-hydrogen) atoms. The molecule has 0 aromatic carbocycles. The Morgan fingerprint density at radius 1 is 0.429 bits per heavy atom. The highest BCUT2D eigenvalue weighted by atomic mass is 79.9. The van der Waals surface area contributed by atoms with Gasteiger partial charge in [-0.1, -0.05) is 0 Å². The van der Waals surface area contributed by atoms with E-state index in [4.69, 9.17) is 0 Å². The number of halogens is 10. The zero-order valence-corrected chi connectivity index (χ0v) is 12.1. The van der Waals surface area contributed by atoms with Crippen molar-refractivity contribution in [3.8, 4) is 0 Å². The van der Waals surface area contributed by atoms with Crippen LogP contribution in [0.15, 0.2) is 23.8 Å². The van der Waals surface area contributed by atoms with Gasteiger partial charge in [-0.15, -0.1) is 0 Å². The van der Waals surface area contributed by atoms with Crippen LogP contribution in [0.3, 0.4) is 0 Å². The first-order valence-electron chi connectivity index (χ1n) is 1.88. The van der Waals surface area contributed by atoms with Crippen LogP contribution >= 0.6 is 0 Å². The highest BCUT2D eigenvalue weighted by Gasteiger charge is 2.16. The molecule has 0 nitrogen and oxygen atoms in total. The van der Waals surface area contributed by atoms with E-state index >= 15 is 0 Å². The Balaban J connectivity index is -0.0000000675. The molecule has 0 aromatic rings. The second-order valence-corrected chi connectivity index (χ2v) is 1.15. The van der Waals surface area contributed by atoms with Crippen LogP contribution in [0.2, 0.25) is 0 Å². The molecule has 10 heteroatoms. The first-order valence-corrected chi connectivity index (χ1v) is 1.88. The van der Waals surface area contributed by atoms with Crippen LogP contribution in [-0.4, -0.2) is 0 Å². The topological polar surface area (TPSA) is 0 Å². The van der Waals surface area contributed by atoms with Crippen molar-refractivity contribution in [2.75, 3.05) is 0 Å². The maximum absolute atomic E-state index is 11.4. The lowest BCUT2D eigenvalue weighted by Gasteiger charge is -1.87.